The quantitative estimate of drug-likeness (QED) is 0.721. The molecule has 2 aromatic rings. The lowest BCUT2D eigenvalue weighted by Gasteiger charge is -2.50. The SMILES string of the molecule is CS(=O)(=O)N1CC(c2nc(C3CC3)no2)C2(CN(C(=O)c3ccc(F)c(F)c3)C2)C1. The van der Waals surface area contributed by atoms with Crippen LogP contribution in [0.15, 0.2) is 22.7 Å². The first-order chi connectivity index (χ1) is 14.2. The maximum absolute atomic E-state index is 13.5. The van der Waals surface area contributed by atoms with Crippen LogP contribution in [0.1, 0.15) is 46.8 Å². The van der Waals surface area contributed by atoms with Gasteiger partial charge in [0.15, 0.2) is 17.5 Å². The zero-order chi connectivity index (χ0) is 21.3. The van der Waals surface area contributed by atoms with E-state index >= 15 is 0 Å². The van der Waals surface area contributed by atoms with Crippen molar-refractivity contribution in [3.63, 3.8) is 0 Å². The first-order valence-electron chi connectivity index (χ1n) is 9.69. The summed E-state index contributed by atoms with van der Waals surface area (Å²) >= 11 is 0. The summed E-state index contributed by atoms with van der Waals surface area (Å²) in [5.74, 6) is -1.53. The van der Waals surface area contributed by atoms with Crippen LogP contribution in [0.25, 0.3) is 0 Å². The Bertz CT molecular complexity index is 1130. The number of hydrogen-bond donors (Lipinski definition) is 0. The van der Waals surface area contributed by atoms with Crippen molar-refractivity contribution < 1.29 is 26.5 Å². The van der Waals surface area contributed by atoms with E-state index in [1.807, 2.05) is 0 Å². The van der Waals surface area contributed by atoms with E-state index in [0.29, 0.717) is 17.6 Å². The van der Waals surface area contributed by atoms with Crippen molar-refractivity contribution in [1.82, 2.24) is 19.3 Å². The van der Waals surface area contributed by atoms with Crippen LogP contribution in [0, 0.1) is 17.0 Å². The lowest BCUT2D eigenvalue weighted by Crippen LogP contribution is -2.61. The van der Waals surface area contributed by atoms with Crippen LogP contribution in [0.3, 0.4) is 0 Å². The molecule has 3 heterocycles. The van der Waals surface area contributed by atoms with Gasteiger partial charge in [-0.3, -0.25) is 4.79 Å². The van der Waals surface area contributed by atoms with Gasteiger partial charge in [0.05, 0.1) is 12.2 Å². The van der Waals surface area contributed by atoms with Crippen molar-refractivity contribution in [3.8, 4) is 0 Å². The Morgan fingerprint density at radius 1 is 1.20 bits per heavy atom. The number of carbonyl (C=O) groups excluding carboxylic acids is 1. The minimum atomic E-state index is -3.44. The molecule has 2 aliphatic heterocycles. The maximum atomic E-state index is 13.5. The van der Waals surface area contributed by atoms with E-state index in [0.717, 1.165) is 31.2 Å². The van der Waals surface area contributed by atoms with Gasteiger partial charge >= 0.3 is 0 Å². The topological polar surface area (TPSA) is 96.6 Å². The Labute approximate surface area is 171 Å². The zero-order valence-electron chi connectivity index (χ0n) is 16.2. The molecular formula is C19H20F2N4O4S. The van der Waals surface area contributed by atoms with Crippen molar-refractivity contribution in [2.75, 3.05) is 32.4 Å². The Balaban J connectivity index is 1.39. The zero-order valence-corrected chi connectivity index (χ0v) is 17.0. The number of carbonyl (C=O) groups is 1. The predicted octanol–water partition coefficient (Wildman–Crippen LogP) is 1.73. The summed E-state index contributed by atoms with van der Waals surface area (Å²) in [4.78, 5) is 18.7. The molecule has 1 amide bonds. The highest BCUT2D eigenvalue weighted by atomic mass is 32.2. The molecule has 2 saturated heterocycles. The largest absolute Gasteiger partial charge is 0.339 e. The molecule has 160 valence electrons. The van der Waals surface area contributed by atoms with Gasteiger partial charge in [-0.1, -0.05) is 5.16 Å². The van der Waals surface area contributed by atoms with Gasteiger partial charge in [0.25, 0.3) is 5.91 Å². The number of hydrogen-bond acceptors (Lipinski definition) is 6. The summed E-state index contributed by atoms with van der Waals surface area (Å²) in [5, 5.41) is 4.04. The average molecular weight is 438 g/mol. The van der Waals surface area contributed by atoms with E-state index in [2.05, 4.69) is 10.1 Å². The number of amides is 1. The van der Waals surface area contributed by atoms with Gasteiger partial charge in [-0.05, 0) is 31.0 Å². The predicted molar refractivity (Wildman–Crippen MR) is 100 cm³/mol. The van der Waals surface area contributed by atoms with Crippen LogP contribution in [0.4, 0.5) is 8.78 Å². The number of aromatic nitrogens is 2. The third kappa shape index (κ3) is 3.20. The second-order valence-electron chi connectivity index (χ2n) is 8.53. The van der Waals surface area contributed by atoms with Crippen LogP contribution in [0.2, 0.25) is 0 Å². The molecule has 30 heavy (non-hydrogen) atoms. The van der Waals surface area contributed by atoms with Crippen LogP contribution in [-0.2, 0) is 10.0 Å². The van der Waals surface area contributed by atoms with Crippen LogP contribution in [-0.4, -0.2) is 66.1 Å². The van der Waals surface area contributed by atoms with E-state index in [1.165, 1.54) is 15.3 Å². The summed E-state index contributed by atoms with van der Waals surface area (Å²) in [6.45, 7) is 0.975. The van der Waals surface area contributed by atoms with Crippen molar-refractivity contribution in [3.05, 3.63) is 47.1 Å². The fraction of sp³-hybridized carbons (Fsp3) is 0.526. The van der Waals surface area contributed by atoms with Gasteiger partial charge in [0, 0.05) is 43.1 Å². The standard InChI is InChI=1S/C19H20F2N4O4S/c1-30(27,28)25-7-13(17-22-16(23-29-17)11-2-3-11)19(10-25)8-24(9-19)18(26)12-4-5-14(20)15(21)6-12/h4-6,11,13H,2-3,7-10H2,1H3. The van der Waals surface area contributed by atoms with E-state index in [-0.39, 0.29) is 37.7 Å². The third-order valence-corrected chi connectivity index (χ3v) is 7.47. The number of nitrogens with zero attached hydrogens (tertiary/aromatic N) is 4. The Morgan fingerprint density at radius 3 is 2.57 bits per heavy atom. The van der Waals surface area contributed by atoms with Crippen LogP contribution >= 0.6 is 0 Å². The Hall–Kier alpha value is -2.40. The minimum Gasteiger partial charge on any atom is -0.339 e. The number of rotatable bonds is 4. The number of likely N-dealkylation sites (tertiary alicyclic amines) is 1. The fourth-order valence-corrected chi connectivity index (χ4v) is 5.31. The van der Waals surface area contributed by atoms with E-state index in [4.69, 9.17) is 4.52 Å². The van der Waals surface area contributed by atoms with Gasteiger partial charge in [0.2, 0.25) is 15.9 Å². The molecule has 1 aromatic heterocycles. The average Bonchev–Trinajstić information content (AvgIpc) is 3.24. The molecule has 0 radical (unpaired) electrons. The highest BCUT2D eigenvalue weighted by Crippen LogP contribution is 2.50. The van der Waals surface area contributed by atoms with Gasteiger partial charge < -0.3 is 9.42 Å². The Kier molecular flexibility index (Phi) is 4.27. The summed E-state index contributed by atoms with van der Waals surface area (Å²) < 4.78 is 57.9. The molecule has 1 saturated carbocycles. The molecule has 5 rings (SSSR count). The minimum absolute atomic E-state index is 0.0482. The molecule has 1 aromatic carbocycles. The van der Waals surface area contributed by atoms with Gasteiger partial charge in [-0.2, -0.15) is 4.98 Å². The number of halogens is 2. The van der Waals surface area contributed by atoms with Crippen molar-refractivity contribution in [2.24, 2.45) is 5.41 Å². The molecule has 1 aliphatic carbocycles. The first kappa shape index (κ1) is 19.6. The molecule has 1 spiro atoms. The van der Waals surface area contributed by atoms with Gasteiger partial charge in [-0.25, -0.2) is 21.5 Å². The van der Waals surface area contributed by atoms with E-state index in [1.54, 1.807) is 0 Å². The third-order valence-electron chi connectivity index (χ3n) is 6.25. The normalized spacial score (nSPS) is 23.7. The molecule has 1 unspecified atom stereocenters. The van der Waals surface area contributed by atoms with Crippen molar-refractivity contribution in [1.29, 1.82) is 0 Å². The van der Waals surface area contributed by atoms with E-state index in [9.17, 15) is 22.0 Å². The van der Waals surface area contributed by atoms with E-state index < -0.39 is 33.0 Å². The molecule has 0 N–H and O–H groups in total. The van der Waals surface area contributed by atoms with Gasteiger partial charge in [0.1, 0.15) is 0 Å². The summed E-state index contributed by atoms with van der Waals surface area (Å²) in [6.07, 6.45) is 3.18. The molecule has 8 nitrogen and oxygen atoms in total. The number of benzene rings is 1. The monoisotopic (exact) mass is 438 g/mol. The van der Waals surface area contributed by atoms with Crippen LogP contribution < -0.4 is 0 Å². The lowest BCUT2D eigenvalue weighted by molar-refractivity contribution is 0.00128. The second-order valence-corrected chi connectivity index (χ2v) is 10.5. The lowest BCUT2D eigenvalue weighted by atomic mass is 9.71. The molecule has 3 fully saturated rings. The maximum Gasteiger partial charge on any atom is 0.254 e. The summed E-state index contributed by atoms with van der Waals surface area (Å²) in [7, 11) is -3.44. The Morgan fingerprint density at radius 2 is 1.93 bits per heavy atom. The molecule has 1 atom stereocenters. The molecule has 11 heteroatoms. The van der Waals surface area contributed by atoms with Crippen molar-refractivity contribution >= 4 is 15.9 Å². The molecule has 0 bridgehead atoms. The highest BCUT2D eigenvalue weighted by Gasteiger charge is 2.59. The number of sulfonamides is 1. The smallest absolute Gasteiger partial charge is 0.254 e. The van der Waals surface area contributed by atoms with Crippen LogP contribution in [0.5, 0.6) is 0 Å². The van der Waals surface area contributed by atoms with Gasteiger partial charge in [-0.15, -0.1) is 0 Å². The molecule has 3 aliphatic rings. The highest BCUT2D eigenvalue weighted by molar-refractivity contribution is 7.88. The summed E-state index contributed by atoms with van der Waals surface area (Å²) in [6, 6.07) is 3.03. The summed E-state index contributed by atoms with van der Waals surface area (Å²) in [5.41, 5.74) is -0.503. The molecular weight excluding hydrogens is 418 g/mol. The fourth-order valence-electron chi connectivity index (χ4n) is 4.40. The second kappa shape index (κ2) is 6.55. The van der Waals surface area contributed by atoms with Crippen molar-refractivity contribution in [2.45, 2.75) is 24.7 Å². The first-order valence-corrected chi connectivity index (χ1v) is 11.5.